The number of nitrogens with zero attached hydrogens (tertiary/aromatic N) is 1. The van der Waals surface area contributed by atoms with E-state index in [1.807, 2.05) is 48.5 Å². The van der Waals surface area contributed by atoms with Gasteiger partial charge >= 0.3 is 0 Å². The summed E-state index contributed by atoms with van der Waals surface area (Å²) in [5.74, 6) is 0.583. The van der Waals surface area contributed by atoms with Crippen LogP contribution in [0.1, 0.15) is 29.6 Å². The Morgan fingerprint density at radius 2 is 1.81 bits per heavy atom. The van der Waals surface area contributed by atoms with Gasteiger partial charge in [-0.25, -0.2) is 0 Å². The molecule has 0 saturated carbocycles. The van der Waals surface area contributed by atoms with Gasteiger partial charge in [0.2, 0.25) is 5.91 Å². The Kier molecular flexibility index (Phi) is 5.56. The van der Waals surface area contributed by atoms with Crippen molar-refractivity contribution in [3.8, 4) is 16.9 Å². The van der Waals surface area contributed by atoms with E-state index in [9.17, 15) is 9.59 Å². The Hall–Kier alpha value is -2.82. The summed E-state index contributed by atoms with van der Waals surface area (Å²) in [6.07, 6.45) is 2.60. The van der Waals surface area contributed by atoms with E-state index in [4.69, 9.17) is 4.74 Å². The third kappa shape index (κ3) is 3.72. The number of rotatable bonds is 4. The van der Waals surface area contributed by atoms with Crippen LogP contribution in [-0.4, -0.2) is 43.5 Å². The molecule has 0 aromatic heterocycles. The molecule has 1 aliphatic heterocycles. The second-order valence-corrected chi connectivity index (χ2v) is 6.44. The standard InChI is InChI=1S/C21H24N2O3/c1-22-20(24)19-11-3-4-12-23(19)21(25)17-9-5-7-15(13-17)16-8-6-10-18(14-16)26-2/h5-10,13-14,19H,3-4,11-12H2,1-2H3,(H,22,24). The molecule has 1 saturated heterocycles. The van der Waals surface area contributed by atoms with E-state index in [1.54, 1.807) is 19.1 Å². The molecule has 5 nitrogen and oxygen atoms in total. The molecule has 5 heteroatoms. The molecule has 1 atom stereocenters. The minimum absolute atomic E-state index is 0.0944. The van der Waals surface area contributed by atoms with Gasteiger partial charge in [0.25, 0.3) is 5.91 Å². The number of likely N-dealkylation sites (tertiary alicyclic amines) is 1. The first kappa shape index (κ1) is 18.0. The molecule has 1 heterocycles. The van der Waals surface area contributed by atoms with E-state index in [2.05, 4.69) is 5.32 Å². The SMILES string of the molecule is CNC(=O)C1CCCCN1C(=O)c1cccc(-c2cccc(OC)c2)c1. The maximum atomic E-state index is 13.1. The minimum Gasteiger partial charge on any atom is -0.497 e. The lowest BCUT2D eigenvalue weighted by atomic mass is 9.98. The molecule has 2 aromatic carbocycles. The number of likely N-dealkylation sites (N-methyl/N-ethyl adjacent to an activating group) is 1. The molecule has 136 valence electrons. The monoisotopic (exact) mass is 352 g/mol. The highest BCUT2D eigenvalue weighted by Gasteiger charge is 2.32. The van der Waals surface area contributed by atoms with Gasteiger partial charge in [-0.2, -0.15) is 0 Å². The highest BCUT2D eigenvalue weighted by atomic mass is 16.5. The highest BCUT2D eigenvalue weighted by Crippen LogP contribution is 2.26. The van der Waals surface area contributed by atoms with E-state index in [0.717, 1.165) is 29.7 Å². The fourth-order valence-corrected chi connectivity index (χ4v) is 3.41. The quantitative estimate of drug-likeness (QED) is 0.920. The number of piperidine rings is 1. The van der Waals surface area contributed by atoms with Crippen molar-refractivity contribution in [2.75, 3.05) is 20.7 Å². The largest absolute Gasteiger partial charge is 0.497 e. The number of ether oxygens (including phenoxy) is 1. The van der Waals surface area contributed by atoms with Crippen molar-refractivity contribution in [2.45, 2.75) is 25.3 Å². The van der Waals surface area contributed by atoms with Crippen LogP contribution in [0.3, 0.4) is 0 Å². The van der Waals surface area contributed by atoms with Gasteiger partial charge in [0, 0.05) is 19.2 Å². The molecular weight excluding hydrogens is 328 g/mol. The van der Waals surface area contributed by atoms with Gasteiger partial charge in [-0.3, -0.25) is 9.59 Å². The third-order valence-corrected chi connectivity index (χ3v) is 4.83. The number of methoxy groups -OCH3 is 1. The van der Waals surface area contributed by atoms with E-state index in [-0.39, 0.29) is 17.9 Å². The second-order valence-electron chi connectivity index (χ2n) is 6.44. The fraction of sp³-hybridized carbons (Fsp3) is 0.333. The Labute approximate surface area is 154 Å². The van der Waals surface area contributed by atoms with Crippen LogP contribution in [0.15, 0.2) is 48.5 Å². The van der Waals surface area contributed by atoms with Crippen LogP contribution in [0.2, 0.25) is 0 Å². The van der Waals surface area contributed by atoms with Crippen LogP contribution in [0.5, 0.6) is 5.75 Å². The van der Waals surface area contributed by atoms with Gasteiger partial charge in [0.05, 0.1) is 7.11 Å². The van der Waals surface area contributed by atoms with Crippen molar-refractivity contribution in [3.63, 3.8) is 0 Å². The lowest BCUT2D eigenvalue weighted by Gasteiger charge is -2.34. The van der Waals surface area contributed by atoms with Crippen molar-refractivity contribution < 1.29 is 14.3 Å². The van der Waals surface area contributed by atoms with Crippen LogP contribution in [-0.2, 0) is 4.79 Å². The lowest BCUT2D eigenvalue weighted by Crippen LogP contribution is -2.51. The summed E-state index contributed by atoms with van der Waals surface area (Å²) in [6, 6.07) is 14.9. The zero-order chi connectivity index (χ0) is 18.5. The van der Waals surface area contributed by atoms with Gasteiger partial charge in [-0.05, 0) is 54.7 Å². The minimum atomic E-state index is -0.387. The van der Waals surface area contributed by atoms with Crippen LogP contribution in [0, 0.1) is 0 Å². The number of carbonyl (C=O) groups excluding carboxylic acids is 2. The maximum Gasteiger partial charge on any atom is 0.254 e. The Morgan fingerprint density at radius 1 is 1.08 bits per heavy atom. The number of amides is 2. The van der Waals surface area contributed by atoms with Gasteiger partial charge in [0.15, 0.2) is 0 Å². The average molecular weight is 352 g/mol. The smallest absolute Gasteiger partial charge is 0.254 e. The number of carbonyl (C=O) groups is 2. The molecule has 0 bridgehead atoms. The molecule has 0 aliphatic carbocycles. The summed E-state index contributed by atoms with van der Waals surface area (Å²) in [4.78, 5) is 26.9. The molecule has 0 spiro atoms. The molecule has 1 N–H and O–H groups in total. The Bertz CT molecular complexity index is 803. The molecule has 2 aromatic rings. The van der Waals surface area contributed by atoms with Crippen molar-refractivity contribution >= 4 is 11.8 Å². The van der Waals surface area contributed by atoms with Crippen molar-refractivity contribution in [2.24, 2.45) is 0 Å². The van der Waals surface area contributed by atoms with E-state index in [0.29, 0.717) is 18.5 Å². The van der Waals surface area contributed by atoms with Crippen molar-refractivity contribution in [1.29, 1.82) is 0 Å². The number of hydrogen-bond donors (Lipinski definition) is 1. The summed E-state index contributed by atoms with van der Waals surface area (Å²) in [7, 11) is 3.25. The molecule has 1 aliphatic rings. The predicted octanol–water partition coefficient (Wildman–Crippen LogP) is 3.10. The summed E-state index contributed by atoms with van der Waals surface area (Å²) >= 11 is 0. The second kappa shape index (κ2) is 8.04. The summed E-state index contributed by atoms with van der Waals surface area (Å²) in [5.41, 5.74) is 2.53. The van der Waals surface area contributed by atoms with Crippen molar-refractivity contribution in [3.05, 3.63) is 54.1 Å². The first-order valence-corrected chi connectivity index (χ1v) is 8.91. The van der Waals surface area contributed by atoms with Gasteiger partial charge in [-0.15, -0.1) is 0 Å². The number of hydrogen-bond acceptors (Lipinski definition) is 3. The normalized spacial score (nSPS) is 16.8. The average Bonchev–Trinajstić information content (AvgIpc) is 2.72. The van der Waals surface area contributed by atoms with Gasteiger partial charge < -0.3 is 15.0 Å². The molecule has 2 amide bonds. The summed E-state index contributed by atoms with van der Waals surface area (Å²) in [5, 5.41) is 2.67. The van der Waals surface area contributed by atoms with Crippen LogP contribution in [0.4, 0.5) is 0 Å². The van der Waals surface area contributed by atoms with E-state index >= 15 is 0 Å². The summed E-state index contributed by atoms with van der Waals surface area (Å²) < 4.78 is 5.28. The molecule has 3 rings (SSSR count). The number of benzene rings is 2. The van der Waals surface area contributed by atoms with Gasteiger partial charge in [0.1, 0.15) is 11.8 Å². The molecule has 1 unspecified atom stereocenters. The molecule has 0 radical (unpaired) electrons. The van der Waals surface area contributed by atoms with Crippen molar-refractivity contribution in [1.82, 2.24) is 10.2 Å². The fourth-order valence-electron chi connectivity index (χ4n) is 3.41. The first-order valence-electron chi connectivity index (χ1n) is 8.91. The summed E-state index contributed by atoms with van der Waals surface area (Å²) in [6.45, 7) is 0.611. The Morgan fingerprint density at radius 3 is 2.54 bits per heavy atom. The maximum absolute atomic E-state index is 13.1. The molecule has 26 heavy (non-hydrogen) atoms. The highest BCUT2D eigenvalue weighted by molar-refractivity contribution is 5.98. The third-order valence-electron chi connectivity index (χ3n) is 4.83. The molecule has 1 fully saturated rings. The topological polar surface area (TPSA) is 58.6 Å². The van der Waals surface area contributed by atoms with E-state index in [1.165, 1.54) is 0 Å². The van der Waals surface area contributed by atoms with Gasteiger partial charge in [-0.1, -0.05) is 24.3 Å². The molecular formula is C21H24N2O3. The zero-order valence-electron chi connectivity index (χ0n) is 15.2. The number of nitrogens with one attached hydrogen (secondary N) is 1. The van der Waals surface area contributed by atoms with Crippen LogP contribution >= 0.6 is 0 Å². The first-order chi connectivity index (χ1) is 12.6. The van der Waals surface area contributed by atoms with Crippen LogP contribution < -0.4 is 10.1 Å². The Balaban J connectivity index is 1.89. The van der Waals surface area contributed by atoms with E-state index < -0.39 is 0 Å². The predicted molar refractivity (Wildman–Crippen MR) is 101 cm³/mol. The zero-order valence-corrected chi connectivity index (χ0v) is 15.2. The van der Waals surface area contributed by atoms with Crippen LogP contribution in [0.25, 0.3) is 11.1 Å². The lowest BCUT2D eigenvalue weighted by molar-refractivity contribution is -0.126.